The molecule has 0 heterocycles. The zero-order chi connectivity index (χ0) is 5.86. The van der Waals surface area contributed by atoms with E-state index in [1.54, 1.807) is 0 Å². The van der Waals surface area contributed by atoms with Crippen molar-refractivity contribution in [2.75, 3.05) is 14.1 Å². The number of rotatable bonds is 2. The molecule has 52 valence electrons. The second kappa shape index (κ2) is 5.67. The standard InChI is InChI=1S/C5H12ClN.ClH/c1-4-5(6)7(2)3;/h5H,4H2,1-3H3;1H. The first-order chi connectivity index (χ1) is 3.18. The summed E-state index contributed by atoms with van der Waals surface area (Å²) in [6.45, 7) is 2.07. The third kappa shape index (κ3) is 4.69. The molecule has 0 aliphatic rings. The molecule has 0 saturated heterocycles. The van der Waals surface area contributed by atoms with E-state index in [9.17, 15) is 0 Å². The molecule has 0 N–H and O–H groups in total. The molecular formula is C5H13Cl2N. The number of hydrogen-bond acceptors (Lipinski definition) is 1. The zero-order valence-corrected chi connectivity index (χ0v) is 7.09. The predicted octanol–water partition coefficient (Wildman–Crippen LogP) is 1.94. The molecule has 1 atom stereocenters. The topological polar surface area (TPSA) is 3.24 Å². The summed E-state index contributed by atoms with van der Waals surface area (Å²) in [5.41, 5.74) is 0.208. The number of halogens is 2. The molecule has 0 fully saturated rings. The van der Waals surface area contributed by atoms with Crippen molar-refractivity contribution in [1.29, 1.82) is 0 Å². The maximum Gasteiger partial charge on any atom is 0.0842 e. The molecule has 3 heteroatoms. The highest BCUT2D eigenvalue weighted by atomic mass is 35.5. The van der Waals surface area contributed by atoms with Crippen LogP contribution < -0.4 is 0 Å². The molecular weight excluding hydrogens is 145 g/mol. The molecule has 0 rings (SSSR count). The predicted molar refractivity (Wildman–Crippen MR) is 40.9 cm³/mol. The van der Waals surface area contributed by atoms with Crippen molar-refractivity contribution >= 4 is 24.0 Å². The van der Waals surface area contributed by atoms with Crippen LogP contribution in [-0.4, -0.2) is 24.5 Å². The van der Waals surface area contributed by atoms with Gasteiger partial charge in [0.15, 0.2) is 0 Å². The van der Waals surface area contributed by atoms with Crippen LogP contribution in [0.5, 0.6) is 0 Å². The molecule has 8 heavy (non-hydrogen) atoms. The van der Waals surface area contributed by atoms with Crippen molar-refractivity contribution in [2.45, 2.75) is 18.8 Å². The smallest absolute Gasteiger partial charge is 0.0842 e. The molecule has 1 unspecified atom stereocenters. The fourth-order valence-electron chi connectivity index (χ4n) is 0.365. The first-order valence-corrected chi connectivity index (χ1v) is 2.92. The maximum absolute atomic E-state index is 5.73. The van der Waals surface area contributed by atoms with E-state index in [1.165, 1.54) is 0 Å². The zero-order valence-electron chi connectivity index (χ0n) is 5.52. The van der Waals surface area contributed by atoms with E-state index < -0.39 is 0 Å². The monoisotopic (exact) mass is 157 g/mol. The van der Waals surface area contributed by atoms with E-state index in [0.717, 1.165) is 6.42 Å². The van der Waals surface area contributed by atoms with Crippen molar-refractivity contribution in [1.82, 2.24) is 4.90 Å². The minimum atomic E-state index is 0. The lowest BCUT2D eigenvalue weighted by Crippen LogP contribution is -2.20. The van der Waals surface area contributed by atoms with Crippen LogP contribution >= 0.6 is 24.0 Å². The SMILES string of the molecule is CCC(Cl)N(C)C.Cl. The lowest BCUT2D eigenvalue weighted by molar-refractivity contribution is 0.369. The summed E-state index contributed by atoms with van der Waals surface area (Å²) < 4.78 is 0. The van der Waals surface area contributed by atoms with Gasteiger partial charge in [-0.1, -0.05) is 6.92 Å². The van der Waals surface area contributed by atoms with E-state index in [0.29, 0.717) is 0 Å². The fraction of sp³-hybridized carbons (Fsp3) is 1.00. The summed E-state index contributed by atoms with van der Waals surface area (Å²) in [6.07, 6.45) is 1.01. The normalized spacial score (nSPS) is 13.1. The van der Waals surface area contributed by atoms with Gasteiger partial charge in [-0.25, -0.2) is 0 Å². The molecule has 0 aliphatic heterocycles. The van der Waals surface area contributed by atoms with Crippen LogP contribution in [0.25, 0.3) is 0 Å². The van der Waals surface area contributed by atoms with Crippen molar-refractivity contribution in [2.24, 2.45) is 0 Å². The summed E-state index contributed by atoms with van der Waals surface area (Å²) in [5, 5.41) is 0. The fourth-order valence-corrected chi connectivity index (χ4v) is 0.365. The Kier molecular flexibility index (Phi) is 8.05. The van der Waals surface area contributed by atoms with Gasteiger partial charge in [-0.2, -0.15) is 0 Å². The van der Waals surface area contributed by atoms with Crippen molar-refractivity contribution < 1.29 is 0 Å². The highest BCUT2D eigenvalue weighted by Crippen LogP contribution is 2.01. The van der Waals surface area contributed by atoms with Crippen molar-refractivity contribution in [3.8, 4) is 0 Å². The molecule has 0 aromatic heterocycles. The molecule has 0 bridgehead atoms. The van der Waals surface area contributed by atoms with E-state index in [4.69, 9.17) is 11.6 Å². The van der Waals surface area contributed by atoms with Gasteiger partial charge in [0.05, 0.1) is 5.50 Å². The van der Waals surface area contributed by atoms with Crippen LogP contribution in [0.15, 0.2) is 0 Å². The first kappa shape index (κ1) is 11.4. The summed E-state index contributed by atoms with van der Waals surface area (Å²) >= 11 is 5.73. The minimum absolute atomic E-state index is 0. The molecule has 0 aromatic carbocycles. The third-order valence-corrected chi connectivity index (χ3v) is 1.60. The quantitative estimate of drug-likeness (QED) is 0.438. The number of nitrogens with zero attached hydrogens (tertiary/aromatic N) is 1. The van der Waals surface area contributed by atoms with Gasteiger partial charge in [-0.05, 0) is 20.5 Å². The van der Waals surface area contributed by atoms with Crippen LogP contribution in [-0.2, 0) is 0 Å². The largest absolute Gasteiger partial charge is 0.294 e. The van der Waals surface area contributed by atoms with Crippen molar-refractivity contribution in [3.05, 3.63) is 0 Å². The molecule has 0 aliphatic carbocycles. The lowest BCUT2D eigenvalue weighted by atomic mass is 10.4. The van der Waals surface area contributed by atoms with Gasteiger partial charge in [0.2, 0.25) is 0 Å². The van der Waals surface area contributed by atoms with Gasteiger partial charge in [0.1, 0.15) is 0 Å². The van der Waals surface area contributed by atoms with Gasteiger partial charge in [0, 0.05) is 0 Å². The number of hydrogen-bond donors (Lipinski definition) is 0. The Labute approximate surface area is 62.4 Å². The molecule has 0 amide bonds. The van der Waals surface area contributed by atoms with Gasteiger partial charge in [0.25, 0.3) is 0 Å². The maximum atomic E-state index is 5.73. The molecule has 0 spiro atoms. The third-order valence-electron chi connectivity index (χ3n) is 0.897. The molecule has 0 saturated carbocycles. The Morgan fingerprint density at radius 3 is 1.88 bits per heavy atom. The Morgan fingerprint density at radius 1 is 1.50 bits per heavy atom. The van der Waals surface area contributed by atoms with Crippen LogP contribution in [0, 0.1) is 0 Å². The average Bonchev–Trinajstić information content (AvgIpc) is 1.65. The summed E-state index contributed by atoms with van der Waals surface area (Å²) in [5.74, 6) is 0. The molecule has 0 aromatic rings. The number of alkyl halides is 1. The highest BCUT2D eigenvalue weighted by molar-refractivity contribution is 6.20. The van der Waals surface area contributed by atoms with Crippen molar-refractivity contribution in [3.63, 3.8) is 0 Å². The Hall–Kier alpha value is 0.540. The van der Waals surface area contributed by atoms with Gasteiger partial charge < -0.3 is 0 Å². The Morgan fingerprint density at radius 2 is 1.88 bits per heavy atom. The highest BCUT2D eigenvalue weighted by Gasteiger charge is 1.99. The van der Waals surface area contributed by atoms with E-state index in [1.807, 2.05) is 19.0 Å². The summed E-state index contributed by atoms with van der Waals surface area (Å²) in [7, 11) is 3.95. The van der Waals surface area contributed by atoms with Crippen LogP contribution in [0.2, 0.25) is 0 Å². The van der Waals surface area contributed by atoms with E-state index in [-0.39, 0.29) is 17.9 Å². The van der Waals surface area contributed by atoms with E-state index in [2.05, 4.69) is 6.92 Å². The molecule has 1 nitrogen and oxygen atoms in total. The summed E-state index contributed by atoms with van der Waals surface area (Å²) in [6, 6.07) is 0. The van der Waals surface area contributed by atoms with Gasteiger partial charge in [-0.15, -0.1) is 24.0 Å². The second-order valence-electron chi connectivity index (χ2n) is 1.81. The van der Waals surface area contributed by atoms with E-state index >= 15 is 0 Å². The minimum Gasteiger partial charge on any atom is -0.294 e. The van der Waals surface area contributed by atoms with Crippen LogP contribution in [0.4, 0.5) is 0 Å². The Balaban J connectivity index is 0. The average molecular weight is 158 g/mol. The first-order valence-electron chi connectivity index (χ1n) is 2.49. The molecule has 0 radical (unpaired) electrons. The summed E-state index contributed by atoms with van der Waals surface area (Å²) in [4.78, 5) is 1.99. The van der Waals surface area contributed by atoms with Crippen LogP contribution in [0.1, 0.15) is 13.3 Å². The Bertz CT molecular complexity index is 47.7. The van der Waals surface area contributed by atoms with Crippen LogP contribution in [0.3, 0.4) is 0 Å². The van der Waals surface area contributed by atoms with Gasteiger partial charge in [-0.3, -0.25) is 4.90 Å². The van der Waals surface area contributed by atoms with Gasteiger partial charge >= 0.3 is 0 Å². The second-order valence-corrected chi connectivity index (χ2v) is 2.31. The lowest BCUT2D eigenvalue weighted by Gasteiger charge is -2.13.